The van der Waals surface area contributed by atoms with Crippen LogP contribution in [0, 0.1) is 0 Å². The van der Waals surface area contributed by atoms with Crippen LogP contribution in [-0.2, 0) is 11.3 Å². The number of carbonyl (C=O) groups excluding carboxylic acids is 1. The van der Waals surface area contributed by atoms with Gasteiger partial charge in [-0.1, -0.05) is 52.9 Å². The van der Waals surface area contributed by atoms with Gasteiger partial charge in [0.2, 0.25) is 0 Å². The van der Waals surface area contributed by atoms with E-state index in [-0.39, 0.29) is 12.1 Å². The van der Waals surface area contributed by atoms with Gasteiger partial charge in [-0.15, -0.1) is 0 Å². The van der Waals surface area contributed by atoms with Crippen molar-refractivity contribution in [2.24, 2.45) is 0 Å². The van der Waals surface area contributed by atoms with E-state index in [9.17, 15) is 4.79 Å². The number of nitrogens with one attached hydrogen (secondary N) is 1. The molecule has 0 aliphatic rings. The quantitative estimate of drug-likeness (QED) is 0.684. The second-order valence-electron chi connectivity index (χ2n) is 3.26. The summed E-state index contributed by atoms with van der Waals surface area (Å²) in [6.45, 7) is 2.26. The SMILES string of the molecule is C[C@H](CI)NC(=O)OCc1ccccc1. The number of carbonyl (C=O) groups is 1. The molecule has 0 aliphatic heterocycles. The molecule has 1 aromatic rings. The minimum atomic E-state index is -0.358. The number of alkyl halides is 1. The summed E-state index contributed by atoms with van der Waals surface area (Å²) < 4.78 is 5.92. The number of amides is 1. The molecule has 1 aromatic carbocycles. The largest absolute Gasteiger partial charge is 0.445 e. The van der Waals surface area contributed by atoms with Crippen molar-refractivity contribution in [2.45, 2.75) is 19.6 Å². The molecule has 0 aromatic heterocycles. The summed E-state index contributed by atoms with van der Waals surface area (Å²) >= 11 is 2.22. The highest BCUT2D eigenvalue weighted by Crippen LogP contribution is 2.00. The molecule has 0 heterocycles. The van der Waals surface area contributed by atoms with Crippen LogP contribution in [0.3, 0.4) is 0 Å². The van der Waals surface area contributed by atoms with Crippen molar-refractivity contribution in [1.29, 1.82) is 0 Å². The molecule has 0 aliphatic carbocycles. The predicted molar refractivity (Wildman–Crippen MR) is 68.1 cm³/mol. The maximum Gasteiger partial charge on any atom is 0.407 e. The van der Waals surface area contributed by atoms with Crippen LogP contribution in [0.15, 0.2) is 30.3 Å². The summed E-state index contributed by atoms with van der Waals surface area (Å²) in [5.74, 6) is 0. The lowest BCUT2D eigenvalue weighted by Gasteiger charge is -2.10. The Bertz CT molecular complexity index is 303. The first kappa shape index (κ1) is 12.3. The molecule has 15 heavy (non-hydrogen) atoms. The summed E-state index contributed by atoms with van der Waals surface area (Å²) in [4.78, 5) is 11.2. The van der Waals surface area contributed by atoms with Crippen LogP contribution in [0.25, 0.3) is 0 Å². The van der Waals surface area contributed by atoms with E-state index in [1.807, 2.05) is 37.3 Å². The summed E-state index contributed by atoms with van der Waals surface area (Å²) in [5, 5.41) is 2.73. The van der Waals surface area contributed by atoms with Crippen LogP contribution in [0.1, 0.15) is 12.5 Å². The Morgan fingerprint density at radius 1 is 1.47 bits per heavy atom. The predicted octanol–water partition coefficient (Wildman–Crippen LogP) is 2.74. The zero-order valence-electron chi connectivity index (χ0n) is 8.57. The Hall–Kier alpha value is -0.780. The summed E-state index contributed by atoms with van der Waals surface area (Å²) in [7, 11) is 0. The van der Waals surface area contributed by atoms with Crippen molar-refractivity contribution < 1.29 is 9.53 Å². The molecule has 1 atom stereocenters. The van der Waals surface area contributed by atoms with Gasteiger partial charge in [0.05, 0.1) is 0 Å². The van der Waals surface area contributed by atoms with Crippen LogP contribution in [0.2, 0.25) is 0 Å². The number of hydrogen-bond donors (Lipinski definition) is 1. The van der Waals surface area contributed by atoms with Crippen molar-refractivity contribution in [3.05, 3.63) is 35.9 Å². The van der Waals surface area contributed by atoms with Crippen LogP contribution >= 0.6 is 22.6 Å². The Balaban J connectivity index is 2.29. The van der Waals surface area contributed by atoms with Gasteiger partial charge in [-0.05, 0) is 12.5 Å². The number of hydrogen-bond acceptors (Lipinski definition) is 2. The third-order valence-electron chi connectivity index (χ3n) is 1.81. The van der Waals surface area contributed by atoms with Gasteiger partial charge < -0.3 is 10.1 Å². The van der Waals surface area contributed by atoms with Gasteiger partial charge in [-0.25, -0.2) is 4.79 Å². The lowest BCUT2D eigenvalue weighted by atomic mass is 10.2. The van der Waals surface area contributed by atoms with Crippen LogP contribution in [0.5, 0.6) is 0 Å². The van der Waals surface area contributed by atoms with Gasteiger partial charge >= 0.3 is 6.09 Å². The molecule has 0 bridgehead atoms. The first-order valence-electron chi connectivity index (χ1n) is 4.75. The second kappa shape index (κ2) is 6.66. The number of ether oxygens (including phenoxy) is 1. The van der Waals surface area contributed by atoms with E-state index >= 15 is 0 Å². The minimum absolute atomic E-state index is 0.147. The topological polar surface area (TPSA) is 38.3 Å². The van der Waals surface area contributed by atoms with Gasteiger partial charge in [0.1, 0.15) is 6.61 Å². The molecule has 1 amide bonds. The minimum Gasteiger partial charge on any atom is -0.445 e. The standard InChI is InChI=1S/C11H14INO2/c1-9(7-12)13-11(14)15-8-10-5-3-2-4-6-10/h2-6,9H,7-8H2,1H3,(H,13,14)/t9-/m1/s1. The molecule has 82 valence electrons. The van der Waals surface area contributed by atoms with Gasteiger partial charge in [-0.2, -0.15) is 0 Å². The van der Waals surface area contributed by atoms with Crippen LogP contribution in [0.4, 0.5) is 4.79 Å². The first-order chi connectivity index (χ1) is 7.22. The molecule has 1 rings (SSSR count). The van der Waals surface area contributed by atoms with E-state index in [0.29, 0.717) is 6.61 Å². The van der Waals surface area contributed by atoms with Crippen molar-refractivity contribution in [3.8, 4) is 0 Å². The normalized spacial score (nSPS) is 11.9. The number of rotatable bonds is 4. The Morgan fingerprint density at radius 2 is 2.13 bits per heavy atom. The highest BCUT2D eigenvalue weighted by Gasteiger charge is 2.06. The fraction of sp³-hybridized carbons (Fsp3) is 0.364. The molecule has 3 nitrogen and oxygen atoms in total. The van der Waals surface area contributed by atoms with Gasteiger partial charge in [0.15, 0.2) is 0 Å². The zero-order chi connectivity index (χ0) is 11.1. The molecular weight excluding hydrogens is 305 g/mol. The number of alkyl carbamates (subject to hydrolysis) is 1. The van der Waals surface area contributed by atoms with Crippen molar-refractivity contribution in [1.82, 2.24) is 5.32 Å². The number of benzene rings is 1. The lowest BCUT2D eigenvalue weighted by molar-refractivity contribution is 0.137. The average Bonchev–Trinajstić information content (AvgIpc) is 2.27. The van der Waals surface area contributed by atoms with E-state index in [4.69, 9.17) is 4.74 Å². The van der Waals surface area contributed by atoms with Gasteiger partial charge in [0.25, 0.3) is 0 Å². The second-order valence-corrected chi connectivity index (χ2v) is 4.14. The third kappa shape index (κ3) is 5.01. The lowest BCUT2D eigenvalue weighted by Crippen LogP contribution is -2.33. The molecule has 0 spiro atoms. The Morgan fingerprint density at radius 3 is 2.73 bits per heavy atom. The van der Waals surface area contributed by atoms with Crippen LogP contribution in [-0.4, -0.2) is 16.6 Å². The van der Waals surface area contributed by atoms with Crippen molar-refractivity contribution in [2.75, 3.05) is 4.43 Å². The van der Waals surface area contributed by atoms with E-state index < -0.39 is 0 Å². The fourth-order valence-electron chi connectivity index (χ4n) is 1.00. The summed E-state index contributed by atoms with van der Waals surface area (Å²) in [6, 6.07) is 9.77. The molecule has 1 N–H and O–H groups in total. The Kier molecular flexibility index (Phi) is 5.45. The fourth-order valence-corrected chi connectivity index (χ4v) is 1.22. The van der Waals surface area contributed by atoms with E-state index in [0.717, 1.165) is 9.99 Å². The summed E-state index contributed by atoms with van der Waals surface area (Å²) in [6.07, 6.45) is -0.358. The van der Waals surface area contributed by atoms with Gasteiger partial charge in [-0.3, -0.25) is 0 Å². The van der Waals surface area contributed by atoms with Crippen molar-refractivity contribution >= 4 is 28.7 Å². The van der Waals surface area contributed by atoms with Crippen molar-refractivity contribution in [3.63, 3.8) is 0 Å². The maximum atomic E-state index is 11.2. The number of halogens is 1. The highest BCUT2D eigenvalue weighted by atomic mass is 127. The van der Waals surface area contributed by atoms with Crippen LogP contribution < -0.4 is 5.32 Å². The zero-order valence-corrected chi connectivity index (χ0v) is 10.7. The monoisotopic (exact) mass is 319 g/mol. The molecule has 0 fully saturated rings. The third-order valence-corrected chi connectivity index (χ3v) is 3.13. The maximum absolute atomic E-state index is 11.2. The Labute approximate surface area is 103 Å². The van der Waals surface area contributed by atoms with Gasteiger partial charge in [0, 0.05) is 10.5 Å². The average molecular weight is 319 g/mol. The summed E-state index contributed by atoms with van der Waals surface area (Å²) in [5.41, 5.74) is 0.995. The van der Waals surface area contributed by atoms with E-state index in [2.05, 4.69) is 27.9 Å². The molecule has 0 saturated carbocycles. The highest BCUT2D eigenvalue weighted by molar-refractivity contribution is 14.1. The van der Waals surface area contributed by atoms with E-state index in [1.165, 1.54) is 0 Å². The van der Waals surface area contributed by atoms with E-state index in [1.54, 1.807) is 0 Å². The molecular formula is C11H14INO2. The molecule has 0 radical (unpaired) electrons. The molecule has 0 saturated heterocycles. The molecule has 0 unspecified atom stereocenters. The first-order valence-corrected chi connectivity index (χ1v) is 6.28. The molecule has 4 heteroatoms. The smallest absolute Gasteiger partial charge is 0.407 e.